The van der Waals surface area contributed by atoms with Crippen molar-refractivity contribution in [3.8, 4) is 5.75 Å². The Bertz CT molecular complexity index is 1020. The number of anilines is 1. The Morgan fingerprint density at radius 1 is 1.17 bits per heavy atom. The number of amides is 1. The van der Waals surface area contributed by atoms with E-state index in [2.05, 4.69) is 23.7 Å². The Kier molecular flexibility index (Phi) is 7.64. The Morgan fingerprint density at radius 3 is 2.60 bits per heavy atom. The first kappa shape index (κ1) is 22.5. The van der Waals surface area contributed by atoms with Crippen LogP contribution in [0.3, 0.4) is 0 Å². The third-order valence-electron chi connectivity index (χ3n) is 4.99. The predicted octanol–water partition coefficient (Wildman–Crippen LogP) is 5.15. The van der Waals surface area contributed by atoms with E-state index >= 15 is 0 Å². The maximum Gasteiger partial charge on any atom is 0.266 e. The number of para-hydroxylation sites is 1. The molecule has 0 aliphatic rings. The van der Waals surface area contributed by atoms with E-state index < -0.39 is 5.82 Å². The van der Waals surface area contributed by atoms with Gasteiger partial charge in [0, 0.05) is 18.1 Å². The van der Waals surface area contributed by atoms with E-state index in [1.165, 1.54) is 23.5 Å². The molecule has 5 nitrogen and oxygen atoms in total. The number of aromatic nitrogens is 1. The Hall–Kier alpha value is -2.22. The number of fused-ring (bicyclic) bond motifs is 1. The fraction of sp³-hybridized carbons (Fsp3) is 0.364. The molecule has 3 aromatic rings. The number of rotatable bonds is 9. The van der Waals surface area contributed by atoms with E-state index in [1.807, 2.05) is 19.1 Å². The number of halogens is 2. The van der Waals surface area contributed by atoms with Gasteiger partial charge >= 0.3 is 0 Å². The summed E-state index contributed by atoms with van der Waals surface area (Å²) in [5.41, 5.74) is 1.67. The topological polar surface area (TPSA) is 45.7 Å². The minimum absolute atomic E-state index is 0.0569. The number of likely N-dealkylation sites (N-methyl/N-ethyl adjacent to an activating group) is 1. The van der Waals surface area contributed by atoms with Crippen LogP contribution in [0, 0.1) is 12.7 Å². The second-order valence-electron chi connectivity index (χ2n) is 6.81. The van der Waals surface area contributed by atoms with Gasteiger partial charge in [0.1, 0.15) is 0 Å². The van der Waals surface area contributed by atoms with Gasteiger partial charge in [0.15, 0.2) is 23.3 Å². The molecule has 160 valence electrons. The van der Waals surface area contributed by atoms with E-state index in [4.69, 9.17) is 16.3 Å². The molecule has 2 aromatic carbocycles. The lowest BCUT2D eigenvalue weighted by Crippen LogP contribution is -2.41. The van der Waals surface area contributed by atoms with Gasteiger partial charge in [-0.1, -0.05) is 48.9 Å². The third kappa shape index (κ3) is 5.09. The molecule has 30 heavy (non-hydrogen) atoms. The van der Waals surface area contributed by atoms with E-state index in [9.17, 15) is 9.18 Å². The molecule has 0 aliphatic carbocycles. The molecule has 1 amide bonds. The zero-order chi connectivity index (χ0) is 21.7. The van der Waals surface area contributed by atoms with Crippen molar-refractivity contribution < 1.29 is 13.9 Å². The van der Waals surface area contributed by atoms with Crippen LogP contribution in [-0.2, 0) is 4.79 Å². The molecular formula is C22H25ClFN3O2S. The van der Waals surface area contributed by atoms with Crippen LogP contribution >= 0.6 is 22.9 Å². The molecule has 8 heteroatoms. The molecule has 0 unspecified atom stereocenters. The summed E-state index contributed by atoms with van der Waals surface area (Å²) < 4.78 is 20.3. The summed E-state index contributed by atoms with van der Waals surface area (Å²) in [7, 11) is 0. The molecule has 1 heterocycles. The van der Waals surface area contributed by atoms with Crippen LogP contribution in [0.4, 0.5) is 9.52 Å². The molecule has 1 aromatic heterocycles. The number of carbonyl (C=O) groups is 1. The highest BCUT2D eigenvalue weighted by atomic mass is 35.5. The van der Waals surface area contributed by atoms with Crippen molar-refractivity contribution in [2.45, 2.75) is 20.8 Å². The Balaban J connectivity index is 1.85. The van der Waals surface area contributed by atoms with Crippen molar-refractivity contribution in [2.75, 3.05) is 37.7 Å². The lowest BCUT2D eigenvalue weighted by molar-refractivity contribution is -0.120. The minimum Gasteiger partial charge on any atom is -0.481 e. The normalized spacial score (nSPS) is 11.3. The van der Waals surface area contributed by atoms with Gasteiger partial charge in [0.2, 0.25) is 0 Å². The summed E-state index contributed by atoms with van der Waals surface area (Å²) in [6.07, 6.45) is 0. The van der Waals surface area contributed by atoms with Gasteiger partial charge in [0.05, 0.1) is 10.2 Å². The van der Waals surface area contributed by atoms with Gasteiger partial charge in [0.25, 0.3) is 5.91 Å². The summed E-state index contributed by atoms with van der Waals surface area (Å²) in [5, 5.41) is 1.23. The van der Waals surface area contributed by atoms with Gasteiger partial charge in [-0.25, -0.2) is 9.37 Å². The summed E-state index contributed by atoms with van der Waals surface area (Å²) in [6.45, 7) is 8.76. The molecule has 3 rings (SSSR count). The number of benzene rings is 2. The highest BCUT2D eigenvalue weighted by Crippen LogP contribution is 2.33. The second kappa shape index (κ2) is 10.2. The third-order valence-corrected chi connectivity index (χ3v) is 6.44. The maximum absolute atomic E-state index is 13.9. The van der Waals surface area contributed by atoms with E-state index in [1.54, 1.807) is 17.0 Å². The highest BCUT2D eigenvalue weighted by molar-refractivity contribution is 7.22. The van der Waals surface area contributed by atoms with Crippen molar-refractivity contribution in [1.29, 1.82) is 0 Å². The molecule has 0 spiro atoms. The summed E-state index contributed by atoms with van der Waals surface area (Å²) in [5.74, 6) is -0.708. The number of thiazole rings is 1. The van der Waals surface area contributed by atoms with Crippen LogP contribution in [0.1, 0.15) is 19.4 Å². The van der Waals surface area contributed by atoms with Crippen molar-refractivity contribution in [3.05, 3.63) is 52.8 Å². The molecule has 0 saturated heterocycles. The van der Waals surface area contributed by atoms with Crippen LogP contribution in [0.5, 0.6) is 5.75 Å². The molecule has 0 atom stereocenters. The van der Waals surface area contributed by atoms with Crippen molar-refractivity contribution in [3.63, 3.8) is 0 Å². The van der Waals surface area contributed by atoms with E-state index in [0.29, 0.717) is 23.2 Å². The van der Waals surface area contributed by atoms with Crippen LogP contribution in [-0.4, -0.2) is 48.6 Å². The Labute approximate surface area is 185 Å². The first-order valence-electron chi connectivity index (χ1n) is 9.90. The fourth-order valence-electron chi connectivity index (χ4n) is 3.09. The standard InChI is InChI=1S/C22H25ClFN3O2S/c1-4-26(5-2)12-13-27(20(28)14-29-18-9-7-6-8-17(18)24)22-25-21-15(3)16(23)10-11-19(21)30-22/h6-11H,4-5,12-14H2,1-3H3. The van der Waals surface area contributed by atoms with Gasteiger partial charge in [-0.05, 0) is 49.8 Å². The van der Waals surface area contributed by atoms with Gasteiger partial charge in [-0.15, -0.1) is 0 Å². The van der Waals surface area contributed by atoms with Crippen LogP contribution in [0.15, 0.2) is 36.4 Å². The monoisotopic (exact) mass is 449 g/mol. The van der Waals surface area contributed by atoms with Crippen molar-refractivity contribution in [1.82, 2.24) is 9.88 Å². The molecular weight excluding hydrogens is 425 g/mol. The van der Waals surface area contributed by atoms with Gasteiger partial charge < -0.3 is 9.64 Å². The molecule has 0 saturated carbocycles. The minimum atomic E-state index is -0.495. The molecule has 0 N–H and O–H groups in total. The molecule has 0 aliphatic heterocycles. The van der Waals surface area contributed by atoms with Crippen LogP contribution < -0.4 is 9.64 Å². The predicted molar refractivity (Wildman–Crippen MR) is 121 cm³/mol. The van der Waals surface area contributed by atoms with Crippen molar-refractivity contribution in [2.24, 2.45) is 0 Å². The molecule has 0 fully saturated rings. The zero-order valence-corrected chi connectivity index (χ0v) is 18.9. The number of aryl methyl sites for hydroxylation is 1. The van der Waals surface area contributed by atoms with Crippen LogP contribution in [0.25, 0.3) is 10.2 Å². The average Bonchev–Trinajstić information content (AvgIpc) is 3.18. The summed E-state index contributed by atoms with van der Waals surface area (Å²) in [6, 6.07) is 9.80. The van der Waals surface area contributed by atoms with E-state index in [0.717, 1.165) is 28.9 Å². The van der Waals surface area contributed by atoms with Crippen molar-refractivity contribution >= 4 is 44.2 Å². The first-order valence-corrected chi connectivity index (χ1v) is 11.1. The van der Waals surface area contributed by atoms with E-state index in [-0.39, 0.29) is 18.3 Å². The second-order valence-corrected chi connectivity index (χ2v) is 8.22. The van der Waals surface area contributed by atoms with Gasteiger partial charge in [-0.3, -0.25) is 9.69 Å². The van der Waals surface area contributed by atoms with Gasteiger partial charge in [-0.2, -0.15) is 0 Å². The number of nitrogens with zero attached hydrogens (tertiary/aromatic N) is 3. The first-order chi connectivity index (χ1) is 14.4. The zero-order valence-electron chi connectivity index (χ0n) is 17.3. The number of hydrogen-bond acceptors (Lipinski definition) is 5. The number of carbonyl (C=O) groups excluding carboxylic acids is 1. The quantitative estimate of drug-likeness (QED) is 0.453. The maximum atomic E-state index is 13.9. The average molecular weight is 450 g/mol. The molecule has 0 bridgehead atoms. The largest absolute Gasteiger partial charge is 0.481 e. The summed E-state index contributed by atoms with van der Waals surface area (Å²) >= 11 is 7.67. The fourth-order valence-corrected chi connectivity index (χ4v) is 4.31. The summed E-state index contributed by atoms with van der Waals surface area (Å²) in [4.78, 5) is 21.6. The highest BCUT2D eigenvalue weighted by Gasteiger charge is 2.22. The number of ether oxygens (including phenoxy) is 1. The van der Waals surface area contributed by atoms with Crippen LogP contribution in [0.2, 0.25) is 5.02 Å². The molecule has 0 radical (unpaired) electrons. The lowest BCUT2D eigenvalue weighted by Gasteiger charge is -2.24. The SMILES string of the molecule is CCN(CC)CCN(C(=O)COc1ccccc1F)c1nc2c(C)c(Cl)ccc2s1. The smallest absolute Gasteiger partial charge is 0.266 e. The Morgan fingerprint density at radius 2 is 1.90 bits per heavy atom. The lowest BCUT2D eigenvalue weighted by atomic mass is 10.2. The number of hydrogen-bond donors (Lipinski definition) is 0.